The van der Waals surface area contributed by atoms with Crippen LogP contribution in [-0.2, 0) is 16.1 Å². The van der Waals surface area contributed by atoms with Gasteiger partial charge in [-0.25, -0.2) is 0 Å². The molecule has 3 N–H and O–H groups in total. The molecule has 1 aromatic carbocycles. The fourth-order valence-corrected chi connectivity index (χ4v) is 3.68. The van der Waals surface area contributed by atoms with Gasteiger partial charge in [-0.2, -0.15) is 5.26 Å². The monoisotopic (exact) mass is 340 g/mol. The summed E-state index contributed by atoms with van der Waals surface area (Å²) in [5, 5.41) is 11.7. The summed E-state index contributed by atoms with van der Waals surface area (Å²) < 4.78 is 0. The van der Waals surface area contributed by atoms with Crippen molar-refractivity contribution < 1.29 is 9.59 Å². The van der Waals surface area contributed by atoms with E-state index in [1.54, 1.807) is 17.0 Å². The van der Waals surface area contributed by atoms with E-state index in [1.807, 2.05) is 12.1 Å². The van der Waals surface area contributed by atoms with E-state index in [0.29, 0.717) is 49.9 Å². The molecule has 0 radical (unpaired) electrons. The summed E-state index contributed by atoms with van der Waals surface area (Å²) in [7, 11) is 0. The molecule has 1 unspecified atom stereocenters. The maximum atomic E-state index is 12.5. The van der Waals surface area contributed by atoms with Gasteiger partial charge in [-0.15, -0.1) is 0 Å². The maximum absolute atomic E-state index is 12.5. The number of carbonyl (C=O) groups excluding carboxylic acids is 2. The fourth-order valence-electron chi connectivity index (χ4n) is 3.68. The molecule has 1 saturated carbocycles. The lowest BCUT2D eigenvalue weighted by Crippen LogP contribution is -2.43. The molecule has 0 bridgehead atoms. The minimum atomic E-state index is -0.406. The largest absolute Gasteiger partial charge is 0.344 e. The first-order chi connectivity index (χ1) is 12.1. The van der Waals surface area contributed by atoms with E-state index in [9.17, 15) is 9.59 Å². The number of nitrogens with two attached hydrogens (primary N) is 1. The lowest BCUT2D eigenvalue weighted by Gasteiger charge is -2.34. The number of likely N-dealkylation sites (tertiary alicyclic amines) is 1. The Morgan fingerprint density at radius 1 is 1.28 bits per heavy atom. The SMILES string of the molecule is N#Cc1ccc(CN2CCC(NC(=O)CC3CC(CN)C3)C2=O)cc1. The van der Waals surface area contributed by atoms with E-state index in [-0.39, 0.29) is 11.8 Å². The zero-order valence-corrected chi connectivity index (χ0v) is 14.3. The Bertz CT molecular complexity index is 674. The van der Waals surface area contributed by atoms with Crippen molar-refractivity contribution in [1.82, 2.24) is 10.2 Å². The molecule has 2 amide bonds. The van der Waals surface area contributed by atoms with E-state index in [2.05, 4.69) is 11.4 Å². The van der Waals surface area contributed by atoms with Crippen molar-refractivity contribution in [2.24, 2.45) is 17.6 Å². The third-order valence-corrected chi connectivity index (χ3v) is 5.23. The molecule has 0 aromatic heterocycles. The first-order valence-corrected chi connectivity index (χ1v) is 8.86. The highest BCUT2D eigenvalue weighted by molar-refractivity contribution is 5.89. The average Bonchev–Trinajstić information content (AvgIpc) is 2.91. The summed E-state index contributed by atoms with van der Waals surface area (Å²) in [6.45, 7) is 1.85. The number of rotatable bonds is 6. The van der Waals surface area contributed by atoms with Crippen molar-refractivity contribution in [3.63, 3.8) is 0 Å². The second kappa shape index (κ2) is 7.66. The highest BCUT2D eigenvalue weighted by atomic mass is 16.2. The van der Waals surface area contributed by atoms with Gasteiger partial charge in [-0.05, 0) is 55.3 Å². The predicted molar refractivity (Wildman–Crippen MR) is 93.0 cm³/mol. The molecule has 1 saturated heterocycles. The smallest absolute Gasteiger partial charge is 0.245 e. The first kappa shape index (κ1) is 17.4. The van der Waals surface area contributed by atoms with Crippen molar-refractivity contribution in [3.05, 3.63) is 35.4 Å². The predicted octanol–water partition coefficient (Wildman–Crippen LogP) is 1.15. The van der Waals surface area contributed by atoms with Gasteiger partial charge in [0.1, 0.15) is 6.04 Å². The fraction of sp³-hybridized carbons (Fsp3) is 0.526. The number of amides is 2. The highest BCUT2D eigenvalue weighted by Gasteiger charge is 2.34. The summed E-state index contributed by atoms with van der Waals surface area (Å²) in [6, 6.07) is 8.91. The Morgan fingerprint density at radius 3 is 2.64 bits per heavy atom. The number of nitrogens with zero attached hydrogens (tertiary/aromatic N) is 2. The van der Waals surface area contributed by atoms with Crippen LogP contribution in [0.15, 0.2) is 24.3 Å². The minimum Gasteiger partial charge on any atom is -0.344 e. The summed E-state index contributed by atoms with van der Waals surface area (Å²) in [6.07, 6.45) is 3.19. The van der Waals surface area contributed by atoms with Crippen LogP contribution in [0.4, 0.5) is 0 Å². The van der Waals surface area contributed by atoms with Crippen LogP contribution in [0.3, 0.4) is 0 Å². The number of carbonyl (C=O) groups is 2. The number of nitrogens with one attached hydrogen (secondary N) is 1. The number of hydrogen-bond donors (Lipinski definition) is 2. The van der Waals surface area contributed by atoms with Gasteiger partial charge in [0.15, 0.2) is 0 Å². The molecule has 132 valence electrons. The molecule has 1 atom stereocenters. The van der Waals surface area contributed by atoms with Crippen LogP contribution in [-0.4, -0.2) is 35.8 Å². The molecule has 1 heterocycles. The summed E-state index contributed by atoms with van der Waals surface area (Å²) in [5.41, 5.74) is 7.20. The standard InChI is InChI=1S/C19H24N4O2/c20-10-13-1-3-14(4-2-13)12-23-6-5-17(19(23)25)22-18(24)9-15-7-16(8-15)11-21/h1-4,15-17H,5-9,11-12,21H2,(H,22,24). The van der Waals surface area contributed by atoms with Crippen molar-refractivity contribution >= 4 is 11.8 Å². The van der Waals surface area contributed by atoms with Gasteiger partial charge >= 0.3 is 0 Å². The van der Waals surface area contributed by atoms with Gasteiger partial charge < -0.3 is 16.0 Å². The second-order valence-corrected chi connectivity index (χ2v) is 7.12. The lowest BCUT2D eigenvalue weighted by atomic mass is 9.73. The van der Waals surface area contributed by atoms with E-state index in [4.69, 9.17) is 11.0 Å². The molecule has 2 fully saturated rings. The molecular formula is C19H24N4O2. The molecule has 25 heavy (non-hydrogen) atoms. The van der Waals surface area contributed by atoms with Crippen molar-refractivity contribution in [2.45, 2.75) is 38.3 Å². The number of hydrogen-bond acceptors (Lipinski definition) is 4. The van der Waals surface area contributed by atoms with Crippen LogP contribution in [0.2, 0.25) is 0 Å². The molecule has 1 aliphatic heterocycles. The average molecular weight is 340 g/mol. The lowest BCUT2D eigenvalue weighted by molar-refractivity contribution is -0.133. The molecule has 0 spiro atoms. The van der Waals surface area contributed by atoms with Crippen LogP contribution in [0.1, 0.15) is 36.8 Å². The van der Waals surface area contributed by atoms with Gasteiger partial charge in [0.25, 0.3) is 0 Å². The quantitative estimate of drug-likeness (QED) is 0.811. The van der Waals surface area contributed by atoms with E-state index in [1.165, 1.54) is 0 Å². The van der Waals surface area contributed by atoms with Crippen LogP contribution >= 0.6 is 0 Å². The van der Waals surface area contributed by atoms with Gasteiger partial charge in [-0.3, -0.25) is 9.59 Å². The molecular weight excluding hydrogens is 316 g/mol. The third kappa shape index (κ3) is 4.18. The summed E-state index contributed by atoms with van der Waals surface area (Å²) >= 11 is 0. The Kier molecular flexibility index (Phi) is 5.34. The first-order valence-electron chi connectivity index (χ1n) is 8.86. The van der Waals surface area contributed by atoms with Gasteiger partial charge in [0.2, 0.25) is 11.8 Å². The van der Waals surface area contributed by atoms with Crippen molar-refractivity contribution in [2.75, 3.05) is 13.1 Å². The number of nitriles is 1. The zero-order valence-electron chi connectivity index (χ0n) is 14.3. The molecule has 1 aliphatic carbocycles. The summed E-state index contributed by atoms with van der Waals surface area (Å²) in [4.78, 5) is 26.4. The Balaban J connectivity index is 1.46. The normalized spacial score (nSPS) is 25.4. The van der Waals surface area contributed by atoms with E-state index < -0.39 is 6.04 Å². The van der Waals surface area contributed by atoms with Gasteiger partial charge in [-0.1, -0.05) is 12.1 Å². The van der Waals surface area contributed by atoms with Crippen LogP contribution in [0.5, 0.6) is 0 Å². The van der Waals surface area contributed by atoms with Gasteiger partial charge in [0.05, 0.1) is 11.6 Å². The molecule has 6 heteroatoms. The van der Waals surface area contributed by atoms with Crippen LogP contribution < -0.4 is 11.1 Å². The topological polar surface area (TPSA) is 99.2 Å². The van der Waals surface area contributed by atoms with Crippen LogP contribution in [0, 0.1) is 23.2 Å². The maximum Gasteiger partial charge on any atom is 0.245 e. The zero-order chi connectivity index (χ0) is 17.8. The van der Waals surface area contributed by atoms with E-state index >= 15 is 0 Å². The Labute approximate surface area is 148 Å². The molecule has 3 rings (SSSR count). The van der Waals surface area contributed by atoms with Crippen LogP contribution in [0.25, 0.3) is 0 Å². The number of benzene rings is 1. The van der Waals surface area contributed by atoms with Crippen molar-refractivity contribution in [1.29, 1.82) is 5.26 Å². The second-order valence-electron chi connectivity index (χ2n) is 7.12. The van der Waals surface area contributed by atoms with E-state index in [0.717, 1.165) is 18.4 Å². The minimum absolute atomic E-state index is 0.0221. The summed E-state index contributed by atoms with van der Waals surface area (Å²) in [5.74, 6) is 0.929. The Hall–Kier alpha value is -2.39. The third-order valence-electron chi connectivity index (χ3n) is 5.23. The molecule has 2 aliphatic rings. The molecule has 1 aromatic rings. The molecule has 6 nitrogen and oxygen atoms in total. The van der Waals surface area contributed by atoms with Crippen molar-refractivity contribution in [3.8, 4) is 6.07 Å². The Morgan fingerprint density at radius 2 is 2.00 bits per heavy atom. The van der Waals surface area contributed by atoms with Gasteiger partial charge in [0, 0.05) is 19.5 Å². The highest BCUT2D eigenvalue weighted by Crippen LogP contribution is 2.35.